The van der Waals surface area contributed by atoms with Crippen molar-refractivity contribution in [1.82, 2.24) is 5.32 Å². The highest BCUT2D eigenvalue weighted by atomic mass is 32.2. The third-order valence-electron chi connectivity index (χ3n) is 4.59. The molecule has 1 aliphatic rings. The molecule has 1 aliphatic heterocycles. The molecule has 1 heterocycles. The monoisotopic (exact) mass is 411 g/mol. The molecule has 0 bridgehead atoms. The molecule has 1 fully saturated rings. The Hall–Kier alpha value is -2.09. The summed E-state index contributed by atoms with van der Waals surface area (Å²) in [5.41, 5.74) is 0.321. The van der Waals surface area contributed by atoms with Crippen molar-refractivity contribution in [3.63, 3.8) is 0 Å². The van der Waals surface area contributed by atoms with Gasteiger partial charge in [-0.2, -0.15) is 0 Å². The summed E-state index contributed by atoms with van der Waals surface area (Å²) in [6.07, 6.45) is 3.86. The summed E-state index contributed by atoms with van der Waals surface area (Å²) in [5, 5.41) is 2.62. The van der Waals surface area contributed by atoms with E-state index in [0.717, 1.165) is 12.8 Å². The number of carbonyl (C=O) groups is 2. The van der Waals surface area contributed by atoms with E-state index < -0.39 is 33.9 Å². The maximum absolute atomic E-state index is 12.2. The van der Waals surface area contributed by atoms with Crippen LogP contribution in [0.3, 0.4) is 0 Å². The highest BCUT2D eigenvalue weighted by Gasteiger charge is 2.30. The molecule has 1 aromatic rings. The average Bonchev–Trinajstić information content (AvgIpc) is 3.00. The lowest BCUT2D eigenvalue weighted by Crippen LogP contribution is -2.42. The van der Waals surface area contributed by atoms with Crippen LogP contribution in [-0.2, 0) is 19.4 Å². The molecule has 156 valence electrons. The van der Waals surface area contributed by atoms with Gasteiger partial charge in [0.25, 0.3) is 5.91 Å². The molecule has 2 atom stereocenters. The van der Waals surface area contributed by atoms with Gasteiger partial charge in [-0.05, 0) is 44.0 Å². The SMILES string of the molecule is CCCCCCOc1ccc(C(=O)O[C@@H](C)C(=O)N[C@H]2CCS(=O)(=O)C2)cc1. The topological polar surface area (TPSA) is 98.8 Å². The van der Waals surface area contributed by atoms with E-state index in [1.54, 1.807) is 24.3 Å². The zero-order chi connectivity index (χ0) is 20.6. The molecule has 0 radical (unpaired) electrons. The average molecular weight is 412 g/mol. The fourth-order valence-corrected chi connectivity index (χ4v) is 4.59. The van der Waals surface area contributed by atoms with E-state index in [-0.39, 0.29) is 11.5 Å². The van der Waals surface area contributed by atoms with E-state index in [4.69, 9.17) is 9.47 Å². The highest BCUT2D eigenvalue weighted by molar-refractivity contribution is 7.91. The predicted molar refractivity (Wildman–Crippen MR) is 106 cm³/mol. The third kappa shape index (κ3) is 7.14. The van der Waals surface area contributed by atoms with Crippen LogP contribution in [0.1, 0.15) is 56.3 Å². The van der Waals surface area contributed by atoms with Crippen LogP contribution in [0, 0.1) is 0 Å². The van der Waals surface area contributed by atoms with E-state index in [2.05, 4.69) is 12.2 Å². The summed E-state index contributed by atoms with van der Waals surface area (Å²) >= 11 is 0. The molecule has 7 nitrogen and oxygen atoms in total. The van der Waals surface area contributed by atoms with Crippen molar-refractivity contribution in [2.45, 2.75) is 58.1 Å². The second-order valence-corrected chi connectivity index (χ2v) is 9.32. The van der Waals surface area contributed by atoms with Crippen LogP contribution in [0.2, 0.25) is 0 Å². The van der Waals surface area contributed by atoms with Gasteiger partial charge in [-0.1, -0.05) is 26.2 Å². The van der Waals surface area contributed by atoms with Gasteiger partial charge in [-0.15, -0.1) is 0 Å². The summed E-state index contributed by atoms with van der Waals surface area (Å²) < 4.78 is 33.7. The van der Waals surface area contributed by atoms with Crippen molar-refractivity contribution in [3.05, 3.63) is 29.8 Å². The van der Waals surface area contributed by atoms with Crippen LogP contribution in [0.15, 0.2) is 24.3 Å². The van der Waals surface area contributed by atoms with Gasteiger partial charge in [-0.3, -0.25) is 4.79 Å². The minimum absolute atomic E-state index is 0.0686. The number of nitrogens with one attached hydrogen (secondary N) is 1. The van der Waals surface area contributed by atoms with Crippen LogP contribution < -0.4 is 10.1 Å². The van der Waals surface area contributed by atoms with E-state index in [1.807, 2.05) is 0 Å². The summed E-state index contributed by atoms with van der Waals surface area (Å²) in [7, 11) is -3.08. The molecule has 1 N–H and O–H groups in total. The molecule has 1 amide bonds. The van der Waals surface area contributed by atoms with Gasteiger partial charge in [-0.25, -0.2) is 13.2 Å². The smallest absolute Gasteiger partial charge is 0.338 e. The fraction of sp³-hybridized carbons (Fsp3) is 0.600. The van der Waals surface area contributed by atoms with Gasteiger partial charge in [0.05, 0.1) is 23.7 Å². The minimum atomic E-state index is -3.08. The molecule has 1 aromatic carbocycles. The Bertz CT molecular complexity index is 759. The van der Waals surface area contributed by atoms with Gasteiger partial charge >= 0.3 is 5.97 Å². The number of unbranched alkanes of at least 4 members (excludes halogenated alkanes) is 3. The summed E-state index contributed by atoms with van der Waals surface area (Å²) in [5.74, 6) is -0.432. The molecule has 2 rings (SSSR count). The van der Waals surface area contributed by atoms with E-state index >= 15 is 0 Å². The Morgan fingerprint density at radius 3 is 2.50 bits per heavy atom. The zero-order valence-corrected chi connectivity index (χ0v) is 17.3. The number of rotatable bonds is 10. The molecule has 28 heavy (non-hydrogen) atoms. The number of hydrogen-bond acceptors (Lipinski definition) is 6. The summed E-state index contributed by atoms with van der Waals surface area (Å²) in [6, 6.07) is 6.16. The number of sulfone groups is 1. The van der Waals surface area contributed by atoms with Crippen LogP contribution in [0.25, 0.3) is 0 Å². The van der Waals surface area contributed by atoms with Crippen molar-refractivity contribution < 1.29 is 27.5 Å². The standard InChI is InChI=1S/C20H29NO6S/c1-3-4-5-6-12-26-18-9-7-16(8-10-18)20(23)27-15(2)19(22)21-17-11-13-28(24,25)14-17/h7-10,15,17H,3-6,11-14H2,1-2H3,(H,21,22)/t15-,17-/m0/s1. The quantitative estimate of drug-likeness (QED) is 0.469. The first kappa shape index (κ1) is 22.2. The molecule has 0 unspecified atom stereocenters. The van der Waals surface area contributed by atoms with Gasteiger partial charge in [0.2, 0.25) is 0 Å². The second kappa shape index (κ2) is 10.5. The van der Waals surface area contributed by atoms with Crippen molar-refractivity contribution >= 4 is 21.7 Å². The summed E-state index contributed by atoms with van der Waals surface area (Å²) in [4.78, 5) is 24.3. The molecular formula is C20H29NO6S. The van der Waals surface area contributed by atoms with Crippen molar-refractivity contribution in [3.8, 4) is 5.75 Å². The predicted octanol–water partition coefficient (Wildman–Crippen LogP) is 2.49. The number of ether oxygens (including phenoxy) is 2. The maximum atomic E-state index is 12.2. The van der Waals surface area contributed by atoms with E-state index in [9.17, 15) is 18.0 Å². The normalized spacial score (nSPS) is 19.0. The van der Waals surface area contributed by atoms with Crippen molar-refractivity contribution in [2.24, 2.45) is 0 Å². The second-order valence-electron chi connectivity index (χ2n) is 7.09. The Morgan fingerprint density at radius 2 is 1.89 bits per heavy atom. The maximum Gasteiger partial charge on any atom is 0.338 e. The van der Waals surface area contributed by atoms with Gasteiger partial charge in [0.1, 0.15) is 5.75 Å². The summed E-state index contributed by atoms with van der Waals surface area (Å²) in [6.45, 7) is 4.25. The number of benzene rings is 1. The first-order valence-electron chi connectivity index (χ1n) is 9.75. The first-order valence-corrected chi connectivity index (χ1v) is 11.6. The lowest BCUT2D eigenvalue weighted by molar-refractivity contribution is -0.129. The largest absolute Gasteiger partial charge is 0.494 e. The zero-order valence-electron chi connectivity index (χ0n) is 16.5. The Kier molecular flexibility index (Phi) is 8.29. The molecule has 0 aliphatic carbocycles. The van der Waals surface area contributed by atoms with Gasteiger partial charge in [0, 0.05) is 6.04 Å². The number of amides is 1. The lowest BCUT2D eigenvalue weighted by atomic mass is 10.2. The Balaban J connectivity index is 1.77. The Morgan fingerprint density at radius 1 is 1.18 bits per heavy atom. The van der Waals surface area contributed by atoms with Crippen LogP contribution in [0.4, 0.5) is 0 Å². The molecule has 0 aromatic heterocycles. The Labute approximate surface area is 166 Å². The first-order chi connectivity index (χ1) is 13.3. The van der Waals surface area contributed by atoms with Gasteiger partial charge in [0.15, 0.2) is 15.9 Å². The highest BCUT2D eigenvalue weighted by Crippen LogP contribution is 2.15. The minimum Gasteiger partial charge on any atom is -0.494 e. The van der Waals surface area contributed by atoms with Crippen LogP contribution in [0.5, 0.6) is 5.75 Å². The number of esters is 1. The van der Waals surface area contributed by atoms with Gasteiger partial charge < -0.3 is 14.8 Å². The van der Waals surface area contributed by atoms with Crippen molar-refractivity contribution in [1.29, 1.82) is 0 Å². The lowest BCUT2D eigenvalue weighted by Gasteiger charge is -2.16. The number of hydrogen-bond donors (Lipinski definition) is 1. The third-order valence-corrected chi connectivity index (χ3v) is 6.36. The van der Waals surface area contributed by atoms with Crippen LogP contribution in [-0.4, -0.2) is 50.6 Å². The molecule has 0 saturated carbocycles. The fourth-order valence-electron chi connectivity index (χ4n) is 2.92. The van der Waals surface area contributed by atoms with E-state index in [0.29, 0.717) is 24.3 Å². The van der Waals surface area contributed by atoms with Crippen molar-refractivity contribution in [2.75, 3.05) is 18.1 Å². The molecular weight excluding hydrogens is 382 g/mol. The number of carbonyl (C=O) groups excluding carboxylic acids is 2. The van der Waals surface area contributed by atoms with E-state index in [1.165, 1.54) is 19.8 Å². The molecule has 0 spiro atoms. The molecule has 8 heteroatoms. The van der Waals surface area contributed by atoms with Crippen LogP contribution >= 0.6 is 0 Å². The molecule has 1 saturated heterocycles.